The summed E-state index contributed by atoms with van der Waals surface area (Å²) in [5.41, 5.74) is 1.44. The lowest BCUT2D eigenvalue weighted by Crippen LogP contribution is -2.24. The average molecular weight is 260 g/mol. The zero-order valence-corrected chi connectivity index (χ0v) is 10.7. The molecule has 0 aliphatic rings. The third kappa shape index (κ3) is 3.38. The molecular weight excluding hydrogens is 244 g/mol. The lowest BCUT2D eigenvalue weighted by Gasteiger charge is -2.04. The summed E-state index contributed by atoms with van der Waals surface area (Å²) in [6.45, 7) is 2.38. The summed E-state index contributed by atoms with van der Waals surface area (Å²) in [5.74, 6) is 1.22. The van der Waals surface area contributed by atoms with Crippen molar-refractivity contribution < 1.29 is 9.90 Å². The van der Waals surface area contributed by atoms with Crippen LogP contribution in [0.3, 0.4) is 0 Å². The van der Waals surface area contributed by atoms with E-state index in [9.17, 15) is 4.79 Å². The van der Waals surface area contributed by atoms with Gasteiger partial charge >= 0.3 is 0 Å². The number of nitrogens with zero attached hydrogens (tertiary/aromatic N) is 2. The number of aliphatic hydroxyl groups excluding tert-OH is 1. The standard InChI is InChI=1S/C13H16N4O2/c1-9-15-12(17-16-9)10-3-5-11(6-4-10)13(19)14-7-2-8-18/h3-6,18H,2,7-8H2,1H3,(H,14,19)(H,15,16,17). The molecule has 1 amide bonds. The molecule has 100 valence electrons. The van der Waals surface area contributed by atoms with Gasteiger partial charge in [-0.2, -0.15) is 5.10 Å². The summed E-state index contributed by atoms with van der Waals surface area (Å²) in [6, 6.07) is 7.08. The maximum atomic E-state index is 11.7. The summed E-state index contributed by atoms with van der Waals surface area (Å²) in [5, 5.41) is 18.2. The van der Waals surface area contributed by atoms with Crippen LogP contribution in [-0.2, 0) is 0 Å². The number of amides is 1. The second-order valence-corrected chi connectivity index (χ2v) is 4.15. The van der Waals surface area contributed by atoms with Crippen molar-refractivity contribution in [2.24, 2.45) is 0 Å². The van der Waals surface area contributed by atoms with Crippen molar-refractivity contribution in [2.75, 3.05) is 13.2 Å². The zero-order chi connectivity index (χ0) is 13.7. The van der Waals surface area contributed by atoms with Crippen molar-refractivity contribution in [2.45, 2.75) is 13.3 Å². The smallest absolute Gasteiger partial charge is 0.251 e. The van der Waals surface area contributed by atoms with E-state index in [-0.39, 0.29) is 12.5 Å². The fourth-order valence-corrected chi connectivity index (χ4v) is 1.63. The number of carbonyl (C=O) groups is 1. The lowest BCUT2D eigenvalue weighted by atomic mass is 10.1. The Hall–Kier alpha value is -2.21. The molecule has 2 rings (SSSR count). The van der Waals surface area contributed by atoms with Gasteiger partial charge in [0.05, 0.1) is 0 Å². The van der Waals surface area contributed by atoms with Crippen LogP contribution in [0.1, 0.15) is 22.6 Å². The zero-order valence-electron chi connectivity index (χ0n) is 10.7. The van der Waals surface area contributed by atoms with Crippen LogP contribution in [0.4, 0.5) is 0 Å². The van der Waals surface area contributed by atoms with Gasteiger partial charge in [0.25, 0.3) is 5.91 Å². The van der Waals surface area contributed by atoms with Gasteiger partial charge < -0.3 is 10.4 Å². The Morgan fingerprint density at radius 1 is 1.37 bits per heavy atom. The summed E-state index contributed by atoms with van der Waals surface area (Å²) < 4.78 is 0. The predicted octanol–water partition coefficient (Wildman–Crippen LogP) is 0.892. The van der Waals surface area contributed by atoms with Crippen LogP contribution in [0.5, 0.6) is 0 Å². The van der Waals surface area contributed by atoms with E-state index >= 15 is 0 Å². The van der Waals surface area contributed by atoms with E-state index in [2.05, 4.69) is 20.5 Å². The number of hydrogen-bond acceptors (Lipinski definition) is 4. The SMILES string of the molecule is Cc1nc(-c2ccc(C(=O)NCCCO)cc2)n[nH]1. The number of aliphatic hydroxyl groups is 1. The fraction of sp³-hybridized carbons (Fsp3) is 0.308. The molecule has 1 aromatic heterocycles. The average Bonchev–Trinajstić information content (AvgIpc) is 2.86. The van der Waals surface area contributed by atoms with Crippen LogP contribution in [0.2, 0.25) is 0 Å². The minimum Gasteiger partial charge on any atom is -0.396 e. The van der Waals surface area contributed by atoms with E-state index in [0.717, 1.165) is 11.4 Å². The number of aryl methyl sites for hydroxylation is 1. The molecule has 0 radical (unpaired) electrons. The van der Waals surface area contributed by atoms with Crippen LogP contribution in [0, 0.1) is 6.92 Å². The molecule has 0 aliphatic heterocycles. The van der Waals surface area contributed by atoms with Crippen molar-refractivity contribution in [1.29, 1.82) is 0 Å². The van der Waals surface area contributed by atoms with Crippen LogP contribution < -0.4 is 5.32 Å². The molecule has 0 fully saturated rings. The number of benzene rings is 1. The molecule has 0 saturated carbocycles. The van der Waals surface area contributed by atoms with Gasteiger partial charge in [-0.05, 0) is 25.5 Å². The Kier molecular flexibility index (Phi) is 4.25. The Balaban J connectivity index is 2.04. The van der Waals surface area contributed by atoms with Crippen molar-refractivity contribution in [1.82, 2.24) is 20.5 Å². The van der Waals surface area contributed by atoms with Crippen LogP contribution in [0.15, 0.2) is 24.3 Å². The van der Waals surface area contributed by atoms with E-state index < -0.39 is 0 Å². The maximum absolute atomic E-state index is 11.7. The minimum absolute atomic E-state index is 0.0728. The topological polar surface area (TPSA) is 90.9 Å². The van der Waals surface area contributed by atoms with E-state index in [4.69, 9.17) is 5.11 Å². The Morgan fingerprint density at radius 2 is 2.11 bits per heavy atom. The summed E-state index contributed by atoms with van der Waals surface area (Å²) in [6.07, 6.45) is 0.556. The molecule has 1 aromatic carbocycles. The number of rotatable bonds is 5. The first kappa shape index (κ1) is 13.2. The quantitative estimate of drug-likeness (QED) is 0.696. The monoisotopic (exact) mass is 260 g/mol. The largest absolute Gasteiger partial charge is 0.396 e. The van der Waals surface area contributed by atoms with Gasteiger partial charge in [-0.3, -0.25) is 9.89 Å². The highest BCUT2D eigenvalue weighted by Crippen LogP contribution is 2.15. The van der Waals surface area contributed by atoms with Gasteiger partial charge in [0.2, 0.25) is 0 Å². The molecule has 0 unspecified atom stereocenters. The van der Waals surface area contributed by atoms with Gasteiger partial charge in [0.15, 0.2) is 5.82 Å². The highest BCUT2D eigenvalue weighted by molar-refractivity contribution is 5.94. The molecule has 19 heavy (non-hydrogen) atoms. The fourth-order valence-electron chi connectivity index (χ4n) is 1.63. The maximum Gasteiger partial charge on any atom is 0.251 e. The van der Waals surface area contributed by atoms with Crippen LogP contribution in [-0.4, -0.2) is 39.3 Å². The number of aromatic nitrogens is 3. The summed E-state index contributed by atoms with van der Waals surface area (Å²) in [7, 11) is 0. The molecule has 2 aromatic rings. The van der Waals surface area contributed by atoms with Crippen LogP contribution >= 0.6 is 0 Å². The molecule has 0 bridgehead atoms. The summed E-state index contributed by atoms with van der Waals surface area (Å²) >= 11 is 0. The summed E-state index contributed by atoms with van der Waals surface area (Å²) in [4.78, 5) is 16.0. The number of hydrogen-bond donors (Lipinski definition) is 3. The molecular formula is C13H16N4O2. The first-order valence-corrected chi connectivity index (χ1v) is 6.09. The highest BCUT2D eigenvalue weighted by atomic mass is 16.3. The van der Waals surface area contributed by atoms with Gasteiger partial charge in [-0.15, -0.1) is 0 Å². The molecule has 0 spiro atoms. The van der Waals surface area contributed by atoms with Crippen LogP contribution in [0.25, 0.3) is 11.4 Å². The van der Waals surface area contributed by atoms with Gasteiger partial charge in [0.1, 0.15) is 5.82 Å². The molecule has 0 saturated heterocycles. The molecule has 6 nitrogen and oxygen atoms in total. The minimum atomic E-state index is -0.147. The molecule has 6 heteroatoms. The molecule has 3 N–H and O–H groups in total. The first-order valence-electron chi connectivity index (χ1n) is 6.09. The normalized spacial score (nSPS) is 10.4. The molecule has 0 atom stereocenters. The van der Waals surface area contributed by atoms with Gasteiger partial charge in [-0.25, -0.2) is 4.98 Å². The number of aromatic amines is 1. The number of carbonyl (C=O) groups excluding carboxylic acids is 1. The third-order valence-electron chi connectivity index (χ3n) is 2.62. The van der Waals surface area contributed by atoms with E-state index in [1.165, 1.54) is 0 Å². The predicted molar refractivity (Wildman–Crippen MR) is 70.6 cm³/mol. The lowest BCUT2D eigenvalue weighted by molar-refractivity contribution is 0.0951. The van der Waals surface area contributed by atoms with E-state index in [1.54, 1.807) is 12.1 Å². The van der Waals surface area contributed by atoms with Crippen molar-refractivity contribution >= 4 is 5.91 Å². The van der Waals surface area contributed by atoms with Gasteiger partial charge in [-0.1, -0.05) is 12.1 Å². The third-order valence-corrected chi connectivity index (χ3v) is 2.62. The van der Waals surface area contributed by atoms with Gasteiger partial charge in [0, 0.05) is 24.3 Å². The molecule has 1 heterocycles. The number of nitrogens with one attached hydrogen (secondary N) is 2. The second kappa shape index (κ2) is 6.10. The number of H-pyrrole nitrogens is 1. The Labute approximate surface area is 110 Å². The molecule has 0 aliphatic carbocycles. The van der Waals surface area contributed by atoms with Crippen molar-refractivity contribution in [3.8, 4) is 11.4 Å². The van der Waals surface area contributed by atoms with E-state index in [0.29, 0.717) is 24.4 Å². The Morgan fingerprint density at radius 3 is 2.68 bits per heavy atom. The van der Waals surface area contributed by atoms with Crippen molar-refractivity contribution in [3.05, 3.63) is 35.7 Å². The Bertz CT molecular complexity index is 548. The van der Waals surface area contributed by atoms with E-state index in [1.807, 2.05) is 19.1 Å². The van der Waals surface area contributed by atoms with Crippen molar-refractivity contribution in [3.63, 3.8) is 0 Å². The highest BCUT2D eigenvalue weighted by Gasteiger charge is 2.07. The first-order chi connectivity index (χ1) is 9.20. The second-order valence-electron chi connectivity index (χ2n) is 4.15.